The van der Waals surface area contributed by atoms with Gasteiger partial charge in [-0.05, 0) is 56.0 Å². The SMILES string of the molecule is CCCNC(CSC1CCCC1)c1cc(F)ccc1C. The fourth-order valence-electron chi connectivity index (χ4n) is 2.85. The maximum absolute atomic E-state index is 13.5. The van der Waals surface area contributed by atoms with E-state index in [1.54, 1.807) is 12.1 Å². The summed E-state index contributed by atoms with van der Waals surface area (Å²) in [6.45, 7) is 5.24. The lowest BCUT2D eigenvalue weighted by Gasteiger charge is -2.22. The predicted molar refractivity (Wildman–Crippen MR) is 86.9 cm³/mol. The zero-order valence-corrected chi connectivity index (χ0v) is 13.4. The zero-order valence-electron chi connectivity index (χ0n) is 12.6. The Morgan fingerprint density at radius 3 is 2.80 bits per heavy atom. The van der Waals surface area contributed by atoms with Crippen LogP contribution >= 0.6 is 11.8 Å². The van der Waals surface area contributed by atoms with E-state index in [2.05, 4.69) is 30.9 Å². The summed E-state index contributed by atoms with van der Waals surface area (Å²) in [5, 5.41) is 4.40. The minimum absolute atomic E-state index is 0.125. The Morgan fingerprint density at radius 1 is 1.35 bits per heavy atom. The van der Waals surface area contributed by atoms with E-state index in [4.69, 9.17) is 0 Å². The maximum atomic E-state index is 13.5. The molecule has 1 fully saturated rings. The summed E-state index contributed by atoms with van der Waals surface area (Å²) in [5.74, 6) is 0.925. The summed E-state index contributed by atoms with van der Waals surface area (Å²) >= 11 is 2.07. The van der Waals surface area contributed by atoms with E-state index in [9.17, 15) is 4.39 Å². The second-order valence-corrected chi connectivity index (χ2v) is 7.08. The second-order valence-electron chi connectivity index (χ2n) is 5.75. The largest absolute Gasteiger partial charge is 0.309 e. The van der Waals surface area contributed by atoms with Gasteiger partial charge in [0.25, 0.3) is 0 Å². The molecule has 0 aromatic heterocycles. The van der Waals surface area contributed by atoms with Crippen LogP contribution in [0.5, 0.6) is 0 Å². The molecule has 0 heterocycles. The fraction of sp³-hybridized carbons (Fsp3) is 0.647. The van der Waals surface area contributed by atoms with E-state index < -0.39 is 0 Å². The van der Waals surface area contributed by atoms with Crippen LogP contribution in [0.3, 0.4) is 0 Å². The van der Waals surface area contributed by atoms with Gasteiger partial charge in [0.05, 0.1) is 0 Å². The van der Waals surface area contributed by atoms with Gasteiger partial charge in [-0.25, -0.2) is 4.39 Å². The highest BCUT2D eigenvalue weighted by Crippen LogP contribution is 2.32. The van der Waals surface area contributed by atoms with Gasteiger partial charge in [-0.15, -0.1) is 0 Å². The summed E-state index contributed by atoms with van der Waals surface area (Å²) in [6.07, 6.45) is 6.58. The molecule has 0 spiro atoms. The van der Waals surface area contributed by atoms with E-state index in [1.165, 1.54) is 31.2 Å². The molecule has 1 aliphatic carbocycles. The monoisotopic (exact) mass is 295 g/mol. The normalized spacial score (nSPS) is 17.6. The van der Waals surface area contributed by atoms with Gasteiger partial charge in [0, 0.05) is 17.0 Å². The van der Waals surface area contributed by atoms with Gasteiger partial charge in [0.15, 0.2) is 0 Å². The van der Waals surface area contributed by atoms with Gasteiger partial charge in [-0.2, -0.15) is 11.8 Å². The zero-order chi connectivity index (χ0) is 14.4. The van der Waals surface area contributed by atoms with Crippen LogP contribution in [0, 0.1) is 12.7 Å². The highest BCUT2D eigenvalue weighted by Gasteiger charge is 2.19. The molecule has 1 aliphatic rings. The van der Waals surface area contributed by atoms with E-state index >= 15 is 0 Å². The molecule has 1 saturated carbocycles. The Kier molecular flexibility index (Phi) is 6.37. The minimum Gasteiger partial charge on any atom is -0.309 e. The number of rotatable bonds is 7. The van der Waals surface area contributed by atoms with Crippen LogP contribution in [0.2, 0.25) is 0 Å². The van der Waals surface area contributed by atoms with Gasteiger partial charge < -0.3 is 5.32 Å². The Hall–Kier alpha value is -0.540. The third kappa shape index (κ3) is 4.49. The van der Waals surface area contributed by atoms with Crippen LogP contribution in [-0.2, 0) is 0 Å². The number of aryl methyl sites for hydroxylation is 1. The predicted octanol–water partition coefficient (Wildman–Crippen LogP) is 4.85. The lowest BCUT2D eigenvalue weighted by Crippen LogP contribution is -2.25. The Bertz CT molecular complexity index is 415. The molecule has 1 unspecified atom stereocenters. The molecule has 1 nitrogen and oxygen atoms in total. The summed E-state index contributed by atoms with van der Waals surface area (Å²) in [5.41, 5.74) is 2.32. The second kappa shape index (κ2) is 8.04. The summed E-state index contributed by atoms with van der Waals surface area (Å²) < 4.78 is 13.5. The van der Waals surface area contributed by atoms with E-state index in [0.717, 1.165) is 29.5 Å². The average Bonchev–Trinajstić information content (AvgIpc) is 2.95. The van der Waals surface area contributed by atoms with Gasteiger partial charge in [0.1, 0.15) is 5.82 Å². The van der Waals surface area contributed by atoms with Crippen LogP contribution in [-0.4, -0.2) is 17.5 Å². The molecule has 0 bridgehead atoms. The molecule has 20 heavy (non-hydrogen) atoms. The van der Waals surface area contributed by atoms with E-state index in [0.29, 0.717) is 0 Å². The third-order valence-electron chi connectivity index (χ3n) is 4.06. The lowest BCUT2D eigenvalue weighted by atomic mass is 10.0. The third-order valence-corrected chi connectivity index (χ3v) is 5.53. The van der Waals surface area contributed by atoms with Crippen LogP contribution in [0.4, 0.5) is 4.39 Å². The van der Waals surface area contributed by atoms with Crippen LogP contribution in [0.1, 0.15) is 56.2 Å². The molecule has 0 radical (unpaired) electrons. The van der Waals surface area contributed by atoms with Crippen LogP contribution in [0.15, 0.2) is 18.2 Å². The summed E-state index contributed by atoms with van der Waals surface area (Å²) in [7, 11) is 0. The molecule has 1 atom stereocenters. The van der Waals surface area contributed by atoms with Crippen LogP contribution < -0.4 is 5.32 Å². The first-order valence-electron chi connectivity index (χ1n) is 7.81. The Labute approximate surface area is 126 Å². The van der Waals surface area contributed by atoms with Crippen molar-refractivity contribution in [1.29, 1.82) is 0 Å². The van der Waals surface area contributed by atoms with Crippen LogP contribution in [0.25, 0.3) is 0 Å². The van der Waals surface area contributed by atoms with Crippen molar-refractivity contribution in [3.8, 4) is 0 Å². The quantitative estimate of drug-likeness (QED) is 0.771. The van der Waals surface area contributed by atoms with Crippen molar-refractivity contribution in [1.82, 2.24) is 5.32 Å². The number of nitrogens with one attached hydrogen (secondary N) is 1. The number of hydrogen-bond acceptors (Lipinski definition) is 2. The van der Waals surface area contributed by atoms with E-state index in [-0.39, 0.29) is 11.9 Å². The fourth-order valence-corrected chi connectivity index (χ4v) is 4.28. The summed E-state index contributed by atoms with van der Waals surface area (Å²) in [4.78, 5) is 0. The number of hydrogen-bond donors (Lipinski definition) is 1. The average molecular weight is 295 g/mol. The smallest absolute Gasteiger partial charge is 0.123 e. The van der Waals surface area contributed by atoms with Crippen molar-refractivity contribution < 1.29 is 4.39 Å². The highest BCUT2D eigenvalue weighted by atomic mass is 32.2. The molecule has 2 rings (SSSR count). The molecule has 3 heteroatoms. The van der Waals surface area contributed by atoms with Crippen molar-refractivity contribution in [3.05, 3.63) is 35.1 Å². The number of thioether (sulfide) groups is 1. The van der Waals surface area contributed by atoms with Crippen molar-refractivity contribution in [3.63, 3.8) is 0 Å². The minimum atomic E-state index is -0.125. The first-order valence-corrected chi connectivity index (χ1v) is 8.86. The lowest BCUT2D eigenvalue weighted by molar-refractivity contribution is 0.565. The number of halogens is 1. The molecular formula is C17H26FNS. The molecule has 1 aromatic rings. The standard InChI is InChI=1S/C17H26FNS/c1-3-10-19-17(12-20-15-6-4-5-7-15)16-11-14(18)9-8-13(16)2/h8-9,11,15,17,19H,3-7,10,12H2,1-2H3. The first-order chi connectivity index (χ1) is 9.70. The number of benzene rings is 1. The summed E-state index contributed by atoms with van der Waals surface area (Å²) in [6, 6.07) is 5.43. The van der Waals surface area contributed by atoms with Crippen molar-refractivity contribution >= 4 is 11.8 Å². The van der Waals surface area contributed by atoms with E-state index in [1.807, 2.05) is 6.07 Å². The first kappa shape index (κ1) is 15.8. The molecule has 1 aromatic carbocycles. The van der Waals surface area contributed by atoms with Gasteiger partial charge >= 0.3 is 0 Å². The molecule has 0 amide bonds. The van der Waals surface area contributed by atoms with Crippen molar-refractivity contribution in [2.45, 2.75) is 57.2 Å². The van der Waals surface area contributed by atoms with Gasteiger partial charge in [-0.3, -0.25) is 0 Å². The highest BCUT2D eigenvalue weighted by molar-refractivity contribution is 7.99. The molecule has 0 aliphatic heterocycles. The molecule has 1 N–H and O–H groups in total. The molecular weight excluding hydrogens is 269 g/mol. The van der Waals surface area contributed by atoms with Gasteiger partial charge in [-0.1, -0.05) is 25.8 Å². The van der Waals surface area contributed by atoms with Crippen molar-refractivity contribution in [2.75, 3.05) is 12.3 Å². The van der Waals surface area contributed by atoms with Crippen molar-refractivity contribution in [2.24, 2.45) is 0 Å². The Morgan fingerprint density at radius 2 is 2.10 bits per heavy atom. The topological polar surface area (TPSA) is 12.0 Å². The Balaban J connectivity index is 2.02. The molecule has 112 valence electrons. The van der Waals surface area contributed by atoms with Gasteiger partial charge in [0.2, 0.25) is 0 Å². The molecule has 0 saturated heterocycles. The maximum Gasteiger partial charge on any atom is 0.123 e.